The first-order valence-corrected chi connectivity index (χ1v) is 10.4. The van der Waals surface area contributed by atoms with Crippen LogP contribution >= 0.6 is 0 Å². The van der Waals surface area contributed by atoms with Gasteiger partial charge < -0.3 is 0 Å². The molecule has 0 spiro atoms. The average Bonchev–Trinajstić information content (AvgIpc) is 3.10. The lowest BCUT2D eigenvalue weighted by molar-refractivity contribution is 1.65. The summed E-state index contributed by atoms with van der Waals surface area (Å²) >= 11 is 0. The Bertz CT molecular complexity index is 1450. The predicted molar refractivity (Wildman–Crippen MR) is 130 cm³/mol. The van der Waals surface area contributed by atoms with E-state index in [0.29, 0.717) is 0 Å². The fourth-order valence-electron chi connectivity index (χ4n) is 4.64. The number of rotatable bonds is 2. The summed E-state index contributed by atoms with van der Waals surface area (Å²) in [6.07, 6.45) is 4.67. The molecule has 1 aliphatic rings. The van der Waals surface area contributed by atoms with Crippen molar-refractivity contribution in [2.75, 3.05) is 0 Å². The third-order valence-electron chi connectivity index (χ3n) is 5.96. The molecule has 5 aromatic rings. The van der Waals surface area contributed by atoms with Gasteiger partial charge in [-0.1, -0.05) is 103 Å². The summed E-state index contributed by atoms with van der Waals surface area (Å²) in [6.45, 7) is 0. The topological polar surface area (TPSA) is 0 Å². The molecule has 0 aliphatic heterocycles. The second kappa shape index (κ2) is 6.86. The van der Waals surface area contributed by atoms with Gasteiger partial charge in [0, 0.05) is 0 Å². The van der Waals surface area contributed by atoms with E-state index in [0.717, 1.165) is 0 Å². The molecule has 0 amide bonds. The van der Waals surface area contributed by atoms with E-state index in [1.165, 1.54) is 54.9 Å². The van der Waals surface area contributed by atoms with E-state index in [2.05, 4.69) is 121 Å². The van der Waals surface area contributed by atoms with Crippen molar-refractivity contribution in [2.45, 2.75) is 0 Å². The summed E-state index contributed by atoms with van der Waals surface area (Å²) in [6, 6.07) is 39.0. The van der Waals surface area contributed by atoms with Crippen LogP contribution < -0.4 is 0 Å². The van der Waals surface area contributed by atoms with Crippen molar-refractivity contribution in [1.29, 1.82) is 0 Å². The second-order valence-corrected chi connectivity index (χ2v) is 7.81. The molecule has 0 atom stereocenters. The molecule has 0 nitrogen and oxygen atoms in total. The van der Waals surface area contributed by atoms with Gasteiger partial charge in [0.25, 0.3) is 0 Å². The number of benzene rings is 5. The van der Waals surface area contributed by atoms with Crippen LogP contribution in [0.1, 0.15) is 22.3 Å². The van der Waals surface area contributed by atoms with E-state index in [4.69, 9.17) is 0 Å². The molecule has 0 unspecified atom stereocenters. The van der Waals surface area contributed by atoms with Crippen LogP contribution in [0.4, 0.5) is 0 Å². The molecular formula is C30H20. The van der Waals surface area contributed by atoms with Crippen molar-refractivity contribution >= 4 is 44.8 Å². The van der Waals surface area contributed by atoms with Crippen molar-refractivity contribution in [3.8, 4) is 0 Å². The molecule has 5 aromatic carbocycles. The highest BCUT2D eigenvalue weighted by atomic mass is 14.3. The smallest absolute Gasteiger partial charge is 0.00141 e. The minimum atomic E-state index is 1.22. The SMILES string of the molecule is C(=C1\C(=C\c2ccccc2)c2c3ccccc3cc3cccc1c23)/c1ccccc1. The molecule has 0 aromatic heterocycles. The van der Waals surface area contributed by atoms with E-state index < -0.39 is 0 Å². The highest BCUT2D eigenvalue weighted by molar-refractivity contribution is 6.32. The first-order valence-electron chi connectivity index (χ1n) is 10.4. The first kappa shape index (κ1) is 17.0. The van der Waals surface area contributed by atoms with Crippen molar-refractivity contribution in [3.63, 3.8) is 0 Å². The Hall–Kier alpha value is -3.90. The summed E-state index contributed by atoms with van der Waals surface area (Å²) in [4.78, 5) is 0. The van der Waals surface area contributed by atoms with Crippen LogP contribution in [0.25, 0.3) is 44.8 Å². The maximum absolute atomic E-state index is 2.34. The van der Waals surface area contributed by atoms with Gasteiger partial charge in [-0.2, -0.15) is 0 Å². The number of hydrogen-bond acceptors (Lipinski definition) is 0. The number of fused-ring (bicyclic) bond motifs is 2. The van der Waals surface area contributed by atoms with Crippen LogP contribution in [0.3, 0.4) is 0 Å². The van der Waals surface area contributed by atoms with Gasteiger partial charge in [0.1, 0.15) is 0 Å². The molecule has 140 valence electrons. The van der Waals surface area contributed by atoms with Gasteiger partial charge in [-0.15, -0.1) is 0 Å². The Kier molecular flexibility index (Phi) is 3.89. The van der Waals surface area contributed by atoms with Gasteiger partial charge in [0.15, 0.2) is 0 Å². The lowest BCUT2D eigenvalue weighted by Gasteiger charge is -2.09. The van der Waals surface area contributed by atoms with Crippen LogP contribution in [0.2, 0.25) is 0 Å². The molecule has 0 radical (unpaired) electrons. The highest BCUT2D eigenvalue weighted by Crippen LogP contribution is 2.50. The molecule has 0 N–H and O–H groups in total. The summed E-state index contributed by atoms with van der Waals surface area (Å²) < 4.78 is 0. The summed E-state index contributed by atoms with van der Waals surface area (Å²) in [5, 5.41) is 5.27. The highest BCUT2D eigenvalue weighted by Gasteiger charge is 2.26. The van der Waals surface area contributed by atoms with Gasteiger partial charge in [-0.05, 0) is 73.2 Å². The number of hydrogen-bond donors (Lipinski definition) is 0. The van der Waals surface area contributed by atoms with Gasteiger partial charge in [-0.25, -0.2) is 0 Å². The minimum absolute atomic E-state index is 1.22. The van der Waals surface area contributed by atoms with Crippen LogP contribution in [-0.4, -0.2) is 0 Å². The molecule has 0 heteroatoms. The molecule has 1 aliphatic carbocycles. The maximum Gasteiger partial charge on any atom is -0.00141 e. The van der Waals surface area contributed by atoms with Crippen LogP contribution in [-0.2, 0) is 0 Å². The second-order valence-electron chi connectivity index (χ2n) is 7.81. The Labute approximate surface area is 176 Å². The van der Waals surface area contributed by atoms with Gasteiger partial charge in [0.2, 0.25) is 0 Å². The Morgan fingerprint density at radius 3 is 1.80 bits per heavy atom. The van der Waals surface area contributed by atoms with Gasteiger partial charge in [-0.3, -0.25) is 0 Å². The maximum atomic E-state index is 2.34. The standard InChI is InChI=1S/C30H20/c1-3-10-21(11-4-1)18-27-26-17-9-15-24-20-23-14-7-8-16-25(23)30(29(24)26)28(27)19-22-12-5-2-6-13-22/h1-20H/b27-18+,28-19-. The molecule has 0 bridgehead atoms. The normalized spacial score (nSPS) is 15.5. The van der Waals surface area contributed by atoms with E-state index in [1.807, 2.05) is 0 Å². The Morgan fingerprint density at radius 2 is 1.07 bits per heavy atom. The van der Waals surface area contributed by atoms with Crippen LogP contribution in [0.5, 0.6) is 0 Å². The zero-order valence-electron chi connectivity index (χ0n) is 16.5. The zero-order chi connectivity index (χ0) is 19.9. The third-order valence-corrected chi connectivity index (χ3v) is 5.96. The Balaban J connectivity index is 1.74. The van der Waals surface area contributed by atoms with Crippen molar-refractivity contribution < 1.29 is 0 Å². The molecule has 0 saturated carbocycles. The average molecular weight is 380 g/mol. The Morgan fingerprint density at radius 1 is 0.467 bits per heavy atom. The van der Waals surface area contributed by atoms with Crippen molar-refractivity contribution in [1.82, 2.24) is 0 Å². The summed E-state index contributed by atoms with van der Waals surface area (Å²) in [5.74, 6) is 0. The molecular weight excluding hydrogens is 360 g/mol. The summed E-state index contributed by atoms with van der Waals surface area (Å²) in [5.41, 5.74) is 7.71. The molecule has 0 saturated heterocycles. The van der Waals surface area contributed by atoms with E-state index in [1.54, 1.807) is 0 Å². The van der Waals surface area contributed by atoms with Crippen molar-refractivity contribution in [2.24, 2.45) is 0 Å². The lowest BCUT2D eigenvalue weighted by atomic mass is 9.94. The van der Waals surface area contributed by atoms with Crippen molar-refractivity contribution in [3.05, 3.63) is 131 Å². The van der Waals surface area contributed by atoms with Gasteiger partial charge >= 0.3 is 0 Å². The fraction of sp³-hybridized carbons (Fsp3) is 0. The summed E-state index contributed by atoms with van der Waals surface area (Å²) in [7, 11) is 0. The van der Waals surface area contributed by atoms with E-state index >= 15 is 0 Å². The zero-order valence-corrected chi connectivity index (χ0v) is 16.5. The monoisotopic (exact) mass is 380 g/mol. The van der Waals surface area contributed by atoms with E-state index in [9.17, 15) is 0 Å². The molecule has 6 rings (SSSR count). The third kappa shape index (κ3) is 2.69. The molecule has 30 heavy (non-hydrogen) atoms. The quantitative estimate of drug-likeness (QED) is 0.271. The predicted octanol–water partition coefficient (Wildman–Crippen LogP) is 8.09. The molecule has 0 heterocycles. The van der Waals surface area contributed by atoms with Crippen LogP contribution in [0, 0.1) is 0 Å². The van der Waals surface area contributed by atoms with Crippen LogP contribution in [0.15, 0.2) is 109 Å². The lowest BCUT2D eigenvalue weighted by Crippen LogP contribution is -1.85. The largest absolute Gasteiger partial charge is 0.0622 e. The van der Waals surface area contributed by atoms with Gasteiger partial charge in [0.05, 0.1) is 0 Å². The minimum Gasteiger partial charge on any atom is -0.0622 e. The first-order chi connectivity index (χ1) is 14.9. The molecule has 0 fully saturated rings. The number of allylic oxidation sites excluding steroid dienone is 2. The van der Waals surface area contributed by atoms with E-state index in [-0.39, 0.29) is 0 Å². The fourth-order valence-corrected chi connectivity index (χ4v) is 4.64.